The van der Waals surface area contributed by atoms with Crippen molar-refractivity contribution >= 4 is 28.2 Å². The van der Waals surface area contributed by atoms with Crippen molar-refractivity contribution in [1.29, 1.82) is 0 Å². The normalized spacial score (nSPS) is 13.8. The first kappa shape index (κ1) is 14.0. The van der Waals surface area contributed by atoms with Crippen LogP contribution in [0.4, 0.5) is 0 Å². The third kappa shape index (κ3) is 2.74. The van der Waals surface area contributed by atoms with Gasteiger partial charge in [0.2, 0.25) is 0 Å². The van der Waals surface area contributed by atoms with Gasteiger partial charge in [0, 0.05) is 10.7 Å². The van der Waals surface area contributed by atoms with Crippen molar-refractivity contribution < 1.29 is 9.53 Å². The molecule has 0 unspecified atom stereocenters. The van der Waals surface area contributed by atoms with Crippen molar-refractivity contribution in [1.82, 2.24) is 0 Å². The zero-order valence-corrected chi connectivity index (χ0v) is 12.7. The summed E-state index contributed by atoms with van der Waals surface area (Å²) < 4.78 is 5.28. The van der Waals surface area contributed by atoms with Gasteiger partial charge in [-0.2, -0.15) is 0 Å². The Morgan fingerprint density at radius 1 is 1.10 bits per heavy atom. The smallest absolute Gasteiger partial charge is 0.339 e. The number of carbonyl (C=O) groups is 1. The minimum atomic E-state index is -0.240. The molecule has 3 heteroatoms. The molecule has 0 aromatic heterocycles. The Morgan fingerprint density at radius 3 is 2.57 bits per heavy atom. The van der Waals surface area contributed by atoms with E-state index in [-0.39, 0.29) is 5.97 Å². The van der Waals surface area contributed by atoms with Gasteiger partial charge in [-0.05, 0) is 23.6 Å². The highest BCUT2D eigenvalue weighted by Gasteiger charge is 2.26. The summed E-state index contributed by atoms with van der Waals surface area (Å²) in [6.45, 7) is 2.22. The molecule has 0 saturated heterocycles. The monoisotopic (exact) mass is 296 g/mol. The van der Waals surface area contributed by atoms with Crippen LogP contribution < -0.4 is 0 Å². The first-order valence-corrected chi connectivity index (χ1v) is 7.97. The Morgan fingerprint density at radius 2 is 1.81 bits per heavy atom. The third-order valence-corrected chi connectivity index (χ3v) is 4.59. The van der Waals surface area contributed by atoms with Crippen LogP contribution >= 0.6 is 11.8 Å². The highest BCUT2D eigenvalue weighted by atomic mass is 32.2. The highest BCUT2D eigenvalue weighted by Crippen LogP contribution is 2.43. The van der Waals surface area contributed by atoms with Crippen LogP contribution in [-0.2, 0) is 15.3 Å². The van der Waals surface area contributed by atoms with Gasteiger partial charge in [0.05, 0.1) is 12.2 Å². The number of hydrogen-bond acceptors (Lipinski definition) is 3. The van der Waals surface area contributed by atoms with Crippen LogP contribution in [-0.4, -0.2) is 12.6 Å². The summed E-state index contributed by atoms with van der Waals surface area (Å²) in [5.41, 5.74) is 3.94. The second-order valence-corrected chi connectivity index (χ2v) is 5.72. The molecule has 21 heavy (non-hydrogen) atoms. The predicted molar refractivity (Wildman–Crippen MR) is 87.6 cm³/mol. The van der Waals surface area contributed by atoms with Gasteiger partial charge < -0.3 is 4.74 Å². The van der Waals surface area contributed by atoms with Crippen molar-refractivity contribution in [2.75, 3.05) is 6.61 Å². The van der Waals surface area contributed by atoms with E-state index in [2.05, 4.69) is 6.07 Å². The van der Waals surface area contributed by atoms with Gasteiger partial charge in [0.25, 0.3) is 0 Å². The summed E-state index contributed by atoms with van der Waals surface area (Å²) in [7, 11) is 0. The number of benzene rings is 2. The van der Waals surface area contributed by atoms with Gasteiger partial charge in [-0.1, -0.05) is 54.6 Å². The Hall–Kier alpha value is -2.00. The molecular weight excluding hydrogens is 280 g/mol. The van der Waals surface area contributed by atoms with E-state index in [4.69, 9.17) is 4.74 Å². The summed E-state index contributed by atoms with van der Waals surface area (Å²) in [4.78, 5) is 13.5. The Bertz CT molecular complexity index is 689. The van der Waals surface area contributed by atoms with E-state index in [1.54, 1.807) is 11.8 Å². The average molecular weight is 296 g/mol. The standard InChI is InChI=1S/C18H16O2S/c1-2-20-18(19)16-15-11-7-6-10-14(15)12-21-17(16)13-8-4-3-5-9-13/h3-11H,2,12H2,1H3. The molecule has 0 aliphatic carbocycles. The number of fused-ring (bicyclic) bond motifs is 1. The number of esters is 1. The molecule has 0 atom stereocenters. The lowest BCUT2D eigenvalue weighted by Crippen LogP contribution is -2.12. The maximum absolute atomic E-state index is 12.5. The van der Waals surface area contributed by atoms with E-state index in [9.17, 15) is 4.79 Å². The van der Waals surface area contributed by atoms with Gasteiger partial charge in [-0.15, -0.1) is 11.8 Å². The maximum atomic E-state index is 12.5. The minimum Gasteiger partial charge on any atom is -0.462 e. The van der Waals surface area contributed by atoms with Crippen molar-refractivity contribution in [2.24, 2.45) is 0 Å². The fourth-order valence-electron chi connectivity index (χ4n) is 2.46. The lowest BCUT2D eigenvalue weighted by atomic mass is 9.97. The van der Waals surface area contributed by atoms with E-state index in [1.165, 1.54) is 5.56 Å². The van der Waals surface area contributed by atoms with E-state index in [1.807, 2.05) is 55.5 Å². The fourth-order valence-corrected chi connectivity index (χ4v) is 3.65. The van der Waals surface area contributed by atoms with Crippen molar-refractivity contribution in [3.8, 4) is 0 Å². The molecule has 2 aromatic carbocycles. The number of rotatable bonds is 3. The lowest BCUT2D eigenvalue weighted by molar-refractivity contribution is -0.136. The second-order valence-electron chi connectivity index (χ2n) is 4.74. The lowest BCUT2D eigenvalue weighted by Gasteiger charge is -2.22. The first-order chi connectivity index (χ1) is 10.3. The number of ether oxygens (including phenoxy) is 1. The molecule has 0 fully saturated rings. The number of thioether (sulfide) groups is 1. The van der Waals surface area contributed by atoms with Gasteiger partial charge in [-0.25, -0.2) is 4.79 Å². The molecule has 0 amide bonds. The van der Waals surface area contributed by atoms with Crippen LogP contribution in [0.3, 0.4) is 0 Å². The Kier molecular flexibility index (Phi) is 4.11. The van der Waals surface area contributed by atoms with E-state index in [0.29, 0.717) is 12.2 Å². The van der Waals surface area contributed by atoms with Crippen LogP contribution in [0.5, 0.6) is 0 Å². The van der Waals surface area contributed by atoms with Crippen molar-refractivity contribution in [3.63, 3.8) is 0 Å². The molecule has 1 heterocycles. The molecule has 2 nitrogen and oxygen atoms in total. The van der Waals surface area contributed by atoms with E-state index in [0.717, 1.165) is 21.8 Å². The molecule has 1 aliphatic rings. The second kappa shape index (κ2) is 6.19. The molecule has 0 saturated carbocycles. The zero-order valence-electron chi connectivity index (χ0n) is 11.8. The van der Waals surface area contributed by atoms with Gasteiger partial charge >= 0.3 is 5.97 Å². The first-order valence-electron chi connectivity index (χ1n) is 6.99. The van der Waals surface area contributed by atoms with Gasteiger partial charge in [-0.3, -0.25) is 0 Å². The largest absolute Gasteiger partial charge is 0.462 e. The number of carbonyl (C=O) groups excluding carboxylic acids is 1. The van der Waals surface area contributed by atoms with E-state index < -0.39 is 0 Å². The zero-order chi connectivity index (χ0) is 14.7. The quantitative estimate of drug-likeness (QED) is 0.787. The SMILES string of the molecule is CCOC(=O)C1=C(c2ccccc2)SCc2ccccc21. The average Bonchev–Trinajstić information content (AvgIpc) is 2.54. The van der Waals surface area contributed by atoms with Gasteiger partial charge in [0.1, 0.15) is 0 Å². The fraction of sp³-hybridized carbons (Fsp3) is 0.167. The predicted octanol–water partition coefficient (Wildman–Crippen LogP) is 4.36. The van der Waals surface area contributed by atoms with Crippen LogP contribution in [0.15, 0.2) is 54.6 Å². The summed E-state index contributed by atoms with van der Waals surface area (Å²) in [5.74, 6) is 0.638. The molecule has 0 bridgehead atoms. The molecule has 3 rings (SSSR count). The molecule has 0 radical (unpaired) electrons. The van der Waals surface area contributed by atoms with Crippen LogP contribution in [0.25, 0.3) is 10.5 Å². The topological polar surface area (TPSA) is 26.3 Å². The molecule has 1 aliphatic heterocycles. The van der Waals surface area contributed by atoms with Crippen molar-refractivity contribution in [3.05, 3.63) is 71.3 Å². The molecule has 0 spiro atoms. The van der Waals surface area contributed by atoms with Crippen molar-refractivity contribution in [2.45, 2.75) is 12.7 Å². The Labute approximate surface area is 128 Å². The third-order valence-electron chi connectivity index (χ3n) is 3.40. The van der Waals surface area contributed by atoms with Crippen LogP contribution in [0, 0.1) is 0 Å². The maximum Gasteiger partial charge on any atom is 0.339 e. The summed E-state index contributed by atoms with van der Waals surface area (Å²) in [6, 6.07) is 18.1. The minimum absolute atomic E-state index is 0.240. The van der Waals surface area contributed by atoms with Crippen LogP contribution in [0.1, 0.15) is 23.6 Å². The molecular formula is C18H16O2S. The molecule has 106 valence electrons. The summed E-state index contributed by atoms with van der Waals surface area (Å²) >= 11 is 1.70. The highest BCUT2D eigenvalue weighted by molar-refractivity contribution is 8.08. The Balaban J connectivity index is 2.18. The molecule has 0 N–H and O–H groups in total. The van der Waals surface area contributed by atoms with Gasteiger partial charge in [0.15, 0.2) is 0 Å². The molecule has 2 aromatic rings. The van der Waals surface area contributed by atoms with Crippen LogP contribution in [0.2, 0.25) is 0 Å². The number of hydrogen-bond donors (Lipinski definition) is 0. The van der Waals surface area contributed by atoms with E-state index >= 15 is 0 Å². The summed E-state index contributed by atoms with van der Waals surface area (Å²) in [5, 5.41) is 0. The summed E-state index contributed by atoms with van der Waals surface area (Å²) in [6.07, 6.45) is 0.